The van der Waals surface area contributed by atoms with Crippen LogP contribution >= 0.6 is 11.3 Å². The summed E-state index contributed by atoms with van der Waals surface area (Å²) in [6.45, 7) is 4.56. The Labute approximate surface area is 112 Å². The van der Waals surface area contributed by atoms with Crippen LogP contribution in [0.5, 0.6) is 0 Å². The minimum atomic E-state index is 0.475. The maximum Gasteiger partial charge on any atom is 0.0345 e. The van der Waals surface area contributed by atoms with Gasteiger partial charge in [0.1, 0.15) is 0 Å². The van der Waals surface area contributed by atoms with Crippen molar-refractivity contribution >= 4 is 11.3 Å². The Balaban J connectivity index is 1.74. The minimum absolute atomic E-state index is 0.475. The summed E-state index contributed by atoms with van der Waals surface area (Å²) in [7, 11) is 0. The zero-order valence-corrected chi connectivity index (χ0v) is 11.4. The molecule has 1 aromatic carbocycles. The van der Waals surface area contributed by atoms with Crippen molar-refractivity contribution in [3.8, 4) is 10.4 Å². The van der Waals surface area contributed by atoms with Gasteiger partial charge in [0, 0.05) is 21.7 Å². The third-order valence-corrected chi connectivity index (χ3v) is 5.58. The molecule has 2 atom stereocenters. The summed E-state index contributed by atoms with van der Waals surface area (Å²) in [5.41, 5.74) is 3.40. The normalized spacial score (nSPS) is 29.3. The maximum atomic E-state index is 3.53. The third-order valence-electron chi connectivity index (χ3n) is 4.53. The number of hydrogen-bond acceptors (Lipinski definition) is 2. The molecule has 2 heteroatoms. The average Bonchev–Trinajstić information content (AvgIpc) is 2.75. The molecule has 0 unspecified atom stereocenters. The topological polar surface area (TPSA) is 12.0 Å². The molecule has 92 valence electrons. The predicted octanol–water partition coefficient (Wildman–Crippen LogP) is 3.58. The molecule has 2 aromatic rings. The number of rotatable bonds is 2. The Bertz CT molecular complexity index is 601. The van der Waals surface area contributed by atoms with E-state index in [1.165, 1.54) is 34.8 Å². The fourth-order valence-corrected chi connectivity index (χ4v) is 4.23. The van der Waals surface area contributed by atoms with Crippen molar-refractivity contribution in [2.24, 2.45) is 5.92 Å². The lowest BCUT2D eigenvalue weighted by Gasteiger charge is -2.13. The molecule has 0 spiro atoms. The summed E-state index contributed by atoms with van der Waals surface area (Å²) in [5.74, 6) is 0.887. The van der Waals surface area contributed by atoms with Crippen molar-refractivity contribution in [3.05, 3.63) is 46.8 Å². The number of thiophene rings is 1. The molecule has 1 N–H and O–H groups in total. The van der Waals surface area contributed by atoms with Gasteiger partial charge in [-0.2, -0.15) is 0 Å². The number of piperidine rings is 1. The first-order valence-corrected chi connectivity index (χ1v) is 7.48. The van der Waals surface area contributed by atoms with Crippen molar-refractivity contribution in [2.45, 2.75) is 18.8 Å². The number of aryl methyl sites for hydroxylation is 1. The largest absolute Gasteiger partial charge is 0.316 e. The first-order chi connectivity index (χ1) is 8.78. The third kappa shape index (κ3) is 1.49. The fourth-order valence-electron chi connectivity index (χ4n) is 3.36. The van der Waals surface area contributed by atoms with Gasteiger partial charge in [0.05, 0.1) is 0 Å². The van der Waals surface area contributed by atoms with E-state index in [1.807, 2.05) is 11.3 Å². The number of fused-ring (bicyclic) bond motifs is 1. The molecule has 1 saturated heterocycles. The Morgan fingerprint density at radius 1 is 1.28 bits per heavy atom. The van der Waals surface area contributed by atoms with E-state index in [0.717, 1.165) is 5.92 Å². The zero-order valence-electron chi connectivity index (χ0n) is 10.6. The molecule has 0 bridgehead atoms. The van der Waals surface area contributed by atoms with Gasteiger partial charge in [-0.25, -0.2) is 0 Å². The fraction of sp³-hybridized carbons (Fsp3) is 0.375. The number of nitrogens with one attached hydrogen (secondary N) is 1. The molecule has 2 heterocycles. The smallest absolute Gasteiger partial charge is 0.0345 e. The van der Waals surface area contributed by atoms with Crippen molar-refractivity contribution in [1.29, 1.82) is 0 Å². The second-order valence-corrected chi connectivity index (χ2v) is 6.97. The van der Waals surface area contributed by atoms with Crippen LogP contribution in [-0.2, 0) is 5.41 Å². The highest BCUT2D eigenvalue weighted by Gasteiger charge is 2.57. The minimum Gasteiger partial charge on any atom is -0.316 e. The monoisotopic (exact) mass is 255 g/mol. The van der Waals surface area contributed by atoms with Crippen LogP contribution in [-0.4, -0.2) is 13.1 Å². The van der Waals surface area contributed by atoms with E-state index in [2.05, 4.69) is 48.6 Å². The summed E-state index contributed by atoms with van der Waals surface area (Å²) < 4.78 is 0. The highest BCUT2D eigenvalue weighted by atomic mass is 32.1. The molecule has 1 aliphatic carbocycles. The Kier molecular flexibility index (Phi) is 2.21. The van der Waals surface area contributed by atoms with E-state index < -0.39 is 0 Å². The van der Waals surface area contributed by atoms with Crippen molar-refractivity contribution in [1.82, 2.24) is 5.32 Å². The van der Waals surface area contributed by atoms with Gasteiger partial charge in [-0.15, -0.1) is 11.3 Å². The van der Waals surface area contributed by atoms with Crippen LogP contribution in [0.15, 0.2) is 36.4 Å². The van der Waals surface area contributed by atoms with Gasteiger partial charge in [0.2, 0.25) is 0 Å². The number of hydrogen-bond donors (Lipinski definition) is 1. The molecule has 1 nitrogen and oxygen atoms in total. The molecular weight excluding hydrogens is 238 g/mol. The molecule has 1 aliphatic heterocycles. The second kappa shape index (κ2) is 3.69. The summed E-state index contributed by atoms with van der Waals surface area (Å²) >= 11 is 1.89. The van der Waals surface area contributed by atoms with Crippen LogP contribution in [0, 0.1) is 12.8 Å². The standard InChI is InChI=1S/C16H17NS/c1-11-5-6-15(18-11)12-3-2-4-13(7-12)16-8-14(16)9-17-10-16/h2-7,14,17H,8-10H2,1H3/t14-,16+/m1/s1. The van der Waals surface area contributed by atoms with Crippen molar-refractivity contribution in [2.75, 3.05) is 13.1 Å². The van der Waals surface area contributed by atoms with Crippen molar-refractivity contribution < 1.29 is 0 Å². The quantitative estimate of drug-likeness (QED) is 0.865. The highest BCUT2D eigenvalue weighted by Crippen LogP contribution is 2.56. The summed E-state index contributed by atoms with van der Waals surface area (Å²) in [4.78, 5) is 2.79. The van der Waals surface area contributed by atoms with E-state index in [-0.39, 0.29) is 0 Å². The van der Waals surface area contributed by atoms with Crippen molar-refractivity contribution in [3.63, 3.8) is 0 Å². The molecule has 1 aromatic heterocycles. The zero-order chi connectivity index (χ0) is 12.2. The first-order valence-electron chi connectivity index (χ1n) is 6.66. The van der Waals surface area contributed by atoms with Crippen LogP contribution in [0.1, 0.15) is 16.9 Å². The Morgan fingerprint density at radius 3 is 2.89 bits per heavy atom. The molecule has 2 fully saturated rings. The van der Waals surface area contributed by atoms with Crippen LogP contribution < -0.4 is 5.32 Å². The summed E-state index contributed by atoms with van der Waals surface area (Å²) in [5, 5.41) is 3.53. The van der Waals surface area contributed by atoms with E-state index in [4.69, 9.17) is 0 Å². The lowest BCUT2D eigenvalue weighted by molar-refractivity contribution is 0.676. The summed E-state index contributed by atoms with van der Waals surface area (Å²) in [6, 6.07) is 13.7. The number of benzene rings is 1. The van der Waals surface area contributed by atoms with Crippen LogP contribution in [0.25, 0.3) is 10.4 Å². The van der Waals surface area contributed by atoms with Gasteiger partial charge in [-0.3, -0.25) is 0 Å². The molecule has 2 aliphatic rings. The molecule has 0 amide bonds. The maximum absolute atomic E-state index is 3.53. The Hall–Kier alpha value is -1.12. The molecule has 1 saturated carbocycles. The Morgan fingerprint density at radius 2 is 2.22 bits per heavy atom. The SMILES string of the molecule is Cc1ccc(-c2cccc([C@]34CNC[C@H]3C4)c2)s1. The van der Waals surface area contributed by atoms with E-state index >= 15 is 0 Å². The van der Waals surface area contributed by atoms with Crippen LogP contribution in [0.2, 0.25) is 0 Å². The second-order valence-electron chi connectivity index (χ2n) is 5.68. The van der Waals surface area contributed by atoms with Gasteiger partial charge in [0.25, 0.3) is 0 Å². The molecule has 0 radical (unpaired) electrons. The highest BCUT2D eigenvalue weighted by molar-refractivity contribution is 7.15. The van der Waals surface area contributed by atoms with Gasteiger partial charge < -0.3 is 5.32 Å². The molecule has 4 rings (SSSR count). The summed E-state index contributed by atoms with van der Waals surface area (Å²) in [6.07, 6.45) is 1.38. The van der Waals surface area contributed by atoms with E-state index in [9.17, 15) is 0 Å². The lowest BCUT2D eigenvalue weighted by Crippen LogP contribution is -2.19. The lowest BCUT2D eigenvalue weighted by atomic mass is 9.93. The van der Waals surface area contributed by atoms with Gasteiger partial charge in [0.15, 0.2) is 0 Å². The van der Waals surface area contributed by atoms with Crippen LogP contribution in [0.4, 0.5) is 0 Å². The molecular formula is C16H17NS. The van der Waals surface area contributed by atoms with E-state index in [0.29, 0.717) is 5.41 Å². The van der Waals surface area contributed by atoms with Gasteiger partial charge in [-0.05, 0) is 55.1 Å². The van der Waals surface area contributed by atoms with Gasteiger partial charge in [-0.1, -0.05) is 18.2 Å². The van der Waals surface area contributed by atoms with Crippen LogP contribution in [0.3, 0.4) is 0 Å². The van der Waals surface area contributed by atoms with Gasteiger partial charge >= 0.3 is 0 Å². The first kappa shape index (κ1) is 10.8. The molecule has 18 heavy (non-hydrogen) atoms. The average molecular weight is 255 g/mol. The predicted molar refractivity (Wildman–Crippen MR) is 77.1 cm³/mol. The van der Waals surface area contributed by atoms with E-state index in [1.54, 1.807) is 5.56 Å².